The van der Waals surface area contributed by atoms with E-state index in [2.05, 4.69) is 4.98 Å². The van der Waals surface area contributed by atoms with Crippen LogP contribution in [-0.4, -0.2) is 64.6 Å². The molecule has 5 nitrogen and oxygen atoms in total. The number of aromatic nitrogens is 1. The number of aryl methyl sites for hydroxylation is 1. The van der Waals surface area contributed by atoms with Gasteiger partial charge in [0.15, 0.2) is 0 Å². The molecule has 1 atom stereocenters. The van der Waals surface area contributed by atoms with Gasteiger partial charge in [-0.25, -0.2) is 4.79 Å². The molecule has 0 unspecified atom stereocenters. The van der Waals surface area contributed by atoms with E-state index in [0.29, 0.717) is 6.61 Å². The Morgan fingerprint density at radius 1 is 1.50 bits per heavy atom. The second kappa shape index (κ2) is 6.08. The summed E-state index contributed by atoms with van der Waals surface area (Å²) in [5.41, 5.74) is 2.01. The molecule has 3 heterocycles. The number of amides is 2. The van der Waals surface area contributed by atoms with Crippen molar-refractivity contribution in [1.82, 2.24) is 14.8 Å². The molecule has 2 saturated heterocycles. The van der Waals surface area contributed by atoms with Crippen LogP contribution < -0.4 is 0 Å². The summed E-state index contributed by atoms with van der Waals surface area (Å²) in [5, 5.41) is 0. The number of carbonyl (C=O) groups is 1. The predicted octanol–water partition coefficient (Wildman–Crippen LogP) is 2.15. The first-order valence-electron chi connectivity index (χ1n) is 7.62. The highest BCUT2D eigenvalue weighted by atomic mass is 32.2. The molecular formula is C16H23N3O2S. The Hall–Kier alpha value is -1.27. The molecule has 0 bridgehead atoms. The highest BCUT2D eigenvalue weighted by Crippen LogP contribution is 2.46. The molecule has 3 rings (SSSR count). The lowest BCUT2D eigenvalue weighted by Gasteiger charge is -2.48. The molecular weight excluding hydrogens is 298 g/mol. The normalized spacial score (nSPS) is 22.7. The lowest BCUT2D eigenvalue weighted by Crippen LogP contribution is -2.62. The fourth-order valence-corrected chi connectivity index (χ4v) is 4.63. The van der Waals surface area contributed by atoms with Crippen molar-refractivity contribution in [2.75, 3.05) is 32.9 Å². The van der Waals surface area contributed by atoms with Crippen LogP contribution in [-0.2, 0) is 11.3 Å². The Morgan fingerprint density at radius 2 is 2.27 bits per heavy atom. The number of thioether (sulfide) groups is 1. The van der Waals surface area contributed by atoms with E-state index >= 15 is 0 Å². The highest BCUT2D eigenvalue weighted by molar-refractivity contribution is 8.01. The van der Waals surface area contributed by atoms with Crippen LogP contribution in [0.5, 0.6) is 0 Å². The molecule has 2 aliphatic rings. The molecule has 0 saturated carbocycles. The molecule has 2 aliphatic heterocycles. The van der Waals surface area contributed by atoms with Gasteiger partial charge in [-0.2, -0.15) is 0 Å². The monoisotopic (exact) mass is 321 g/mol. The summed E-state index contributed by atoms with van der Waals surface area (Å²) in [4.78, 5) is 19.9. The molecule has 0 aromatic carbocycles. The minimum absolute atomic E-state index is 0.111. The van der Waals surface area contributed by atoms with E-state index < -0.39 is 0 Å². The van der Waals surface area contributed by atoms with Crippen molar-refractivity contribution in [1.29, 1.82) is 0 Å². The van der Waals surface area contributed by atoms with Crippen LogP contribution in [0.1, 0.15) is 17.8 Å². The van der Waals surface area contributed by atoms with Gasteiger partial charge in [0.2, 0.25) is 0 Å². The summed E-state index contributed by atoms with van der Waals surface area (Å²) in [7, 11) is 3.60. The van der Waals surface area contributed by atoms with Gasteiger partial charge in [-0.05, 0) is 25.5 Å². The number of nitrogens with zero attached hydrogens (tertiary/aromatic N) is 3. The topological polar surface area (TPSA) is 45.7 Å². The zero-order valence-electron chi connectivity index (χ0n) is 13.4. The van der Waals surface area contributed by atoms with Crippen molar-refractivity contribution >= 4 is 17.8 Å². The van der Waals surface area contributed by atoms with E-state index in [0.717, 1.165) is 36.7 Å². The maximum Gasteiger partial charge on any atom is 0.319 e. The van der Waals surface area contributed by atoms with Gasteiger partial charge in [-0.1, -0.05) is 6.07 Å². The fourth-order valence-electron chi connectivity index (χ4n) is 3.08. The predicted molar refractivity (Wildman–Crippen MR) is 88.0 cm³/mol. The number of hydrogen-bond acceptors (Lipinski definition) is 4. The van der Waals surface area contributed by atoms with Gasteiger partial charge in [0.25, 0.3) is 0 Å². The van der Waals surface area contributed by atoms with Gasteiger partial charge in [0, 0.05) is 38.6 Å². The summed E-state index contributed by atoms with van der Waals surface area (Å²) in [5.74, 6) is 1.01. The molecule has 0 N–H and O–H groups in total. The van der Waals surface area contributed by atoms with Gasteiger partial charge in [-0.3, -0.25) is 4.98 Å². The largest absolute Gasteiger partial charge is 0.371 e. The summed E-state index contributed by atoms with van der Waals surface area (Å²) in [6.45, 7) is 4.26. The van der Waals surface area contributed by atoms with Crippen molar-refractivity contribution < 1.29 is 9.53 Å². The van der Waals surface area contributed by atoms with Crippen molar-refractivity contribution in [3.8, 4) is 0 Å². The summed E-state index contributed by atoms with van der Waals surface area (Å²) >= 11 is 1.95. The molecule has 6 heteroatoms. The zero-order valence-corrected chi connectivity index (χ0v) is 14.2. The number of pyridine rings is 1. The third-order valence-electron chi connectivity index (χ3n) is 4.20. The Labute approximate surface area is 136 Å². The van der Waals surface area contributed by atoms with Gasteiger partial charge < -0.3 is 14.5 Å². The zero-order chi connectivity index (χ0) is 15.7. The van der Waals surface area contributed by atoms with Crippen LogP contribution in [0.3, 0.4) is 0 Å². The van der Waals surface area contributed by atoms with Gasteiger partial charge >= 0.3 is 6.03 Å². The average molecular weight is 321 g/mol. The third-order valence-corrected chi connectivity index (χ3v) is 5.77. The maximum absolute atomic E-state index is 11.9. The maximum atomic E-state index is 11.9. The number of urea groups is 1. The van der Waals surface area contributed by atoms with E-state index in [1.807, 2.05) is 41.8 Å². The second-order valence-electron chi connectivity index (χ2n) is 6.43. The van der Waals surface area contributed by atoms with Crippen LogP contribution in [0.4, 0.5) is 4.79 Å². The first-order valence-corrected chi connectivity index (χ1v) is 8.60. The first-order chi connectivity index (χ1) is 10.5. The van der Waals surface area contributed by atoms with Crippen LogP contribution >= 0.6 is 11.8 Å². The molecule has 1 aromatic rings. The van der Waals surface area contributed by atoms with Crippen LogP contribution in [0.25, 0.3) is 0 Å². The Kier molecular flexibility index (Phi) is 4.32. The number of ether oxygens (including phenoxy) is 1. The van der Waals surface area contributed by atoms with Crippen LogP contribution in [0, 0.1) is 6.92 Å². The minimum atomic E-state index is 0.111. The number of rotatable bonds is 3. The molecule has 2 fully saturated rings. The molecule has 120 valence electrons. The molecule has 0 radical (unpaired) electrons. The van der Waals surface area contributed by atoms with Gasteiger partial charge in [0.1, 0.15) is 0 Å². The molecule has 1 spiro atoms. The molecule has 2 amide bonds. The number of likely N-dealkylation sites (tertiary alicyclic amines) is 1. The highest BCUT2D eigenvalue weighted by Gasteiger charge is 2.51. The van der Waals surface area contributed by atoms with E-state index in [-0.39, 0.29) is 16.9 Å². The van der Waals surface area contributed by atoms with Gasteiger partial charge in [-0.15, -0.1) is 11.8 Å². The quantitative estimate of drug-likeness (QED) is 0.856. The molecule has 0 aliphatic carbocycles. The Bertz CT molecular complexity index is 558. The number of carbonyl (C=O) groups excluding carboxylic acids is 1. The standard InChI is InChI=1S/C16H23N3O2S/c1-12-5-4-6-13(17-12)8-21-14-7-16(22-9-14)10-19(11-16)15(20)18(2)3/h4-6,14H,7-11H2,1-3H3/t14-/m1/s1. The second-order valence-corrected chi connectivity index (χ2v) is 7.92. The summed E-state index contributed by atoms with van der Waals surface area (Å²) in [6.07, 6.45) is 1.30. The summed E-state index contributed by atoms with van der Waals surface area (Å²) < 4.78 is 6.24. The van der Waals surface area contributed by atoms with Crippen molar-refractivity contribution in [2.24, 2.45) is 0 Å². The van der Waals surface area contributed by atoms with Crippen LogP contribution in [0.2, 0.25) is 0 Å². The summed E-state index contributed by atoms with van der Waals surface area (Å²) in [6, 6.07) is 6.13. The molecule has 1 aromatic heterocycles. The SMILES string of the molecule is Cc1cccc(CO[C@H]2CSC3(C2)CN(C(=O)N(C)C)C3)n1. The lowest BCUT2D eigenvalue weighted by molar-refractivity contribution is 0.0310. The van der Waals surface area contributed by atoms with E-state index in [1.165, 1.54) is 0 Å². The van der Waals surface area contributed by atoms with Crippen LogP contribution in [0.15, 0.2) is 18.2 Å². The van der Waals surface area contributed by atoms with E-state index in [9.17, 15) is 4.79 Å². The lowest BCUT2D eigenvalue weighted by atomic mass is 9.93. The van der Waals surface area contributed by atoms with Crippen molar-refractivity contribution in [2.45, 2.75) is 30.8 Å². The van der Waals surface area contributed by atoms with Crippen molar-refractivity contribution in [3.05, 3.63) is 29.6 Å². The minimum Gasteiger partial charge on any atom is -0.371 e. The molecule has 22 heavy (non-hydrogen) atoms. The van der Waals surface area contributed by atoms with E-state index in [4.69, 9.17) is 4.74 Å². The Morgan fingerprint density at radius 3 is 2.95 bits per heavy atom. The number of hydrogen-bond donors (Lipinski definition) is 0. The first kappa shape index (κ1) is 15.6. The smallest absolute Gasteiger partial charge is 0.319 e. The average Bonchev–Trinajstić information content (AvgIpc) is 2.87. The van der Waals surface area contributed by atoms with Crippen molar-refractivity contribution in [3.63, 3.8) is 0 Å². The Balaban J connectivity index is 1.47. The third kappa shape index (κ3) is 3.22. The van der Waals surface area contributed by atoms with Gasteiger partial charge in [0.05, 0.1) is 23.2 Å². The fraction of sp³-hybridized carbons (Fsp3) is 0.625. The van der Waals surface area contributed by atoms with E-state index in [1.54, 1.807) is 19.0 Å².